The van der Waals surface area contributed by atoms with Crippen molar-refractivity contribution in [3.05, 3.63) is 72.1 Å². The fourth-order valence-corrected chi connectivity index (χ4v) is 2.84. The van der Waals surface area contributed by atoms with Gasteiger partial charge in [-0.2, -0.15) is 0 Å². The summed E-state index contributed by atoms with van der Waals surface area (Å²) in [5.74, 6) is -1.08. The molecule has 3 N–H and O–H groups in total. The van der Waals surface area contributed by atoms with E-state index in [-0.39, 0.29) is 25.5 Å². The lowest BCUT2D eigenvalue weighted by Crippen LogP contribution is -2.49. The zero-order valence-electron chi connectivity index (χ0n) is 15.5. The van der Waals surface area contributed by atoms with Crippen molar-refractivity contribution in [1.29, 1.82) is 0 Å². The molecule has 9 heteroatoms. The second-order valence-corrected chi connectivity index (χ2v) is 6.47. The summed E-state index contributed by atoms with van der Waals surface area (Å²) >= 11 is 0. The lowest BCUT2D eigenvalue weighted by Gasteiger charge is -2.31. The van der Waals surface area contributed by atoms with Crippen molar-refractivity contribution in [2.45, 2.75) is 31.2 Å². The predicted octanol–water partition coefficient (Wildman–Crippen LogP) is 0.736. The molecule has 0 saturated heterocycles. The third-order valence-corrected chi connectivity index (χ3v) is 4.36. The number of hydrogen-bond acceptors (Lipinski definition) is 6. The Morgan fingerprint density at radius 2 is 1.97 bits per heavy atom. The van der Waals surface area contributed by atoms with Gasteiger partial charge in [0.1, 0.15) is 18.2 Å². The van der Waals surface area contributed by atoms with E-state index >= 15 is 0 Å². The van der Waals surface area contributed by atoms with Gasteiger partial charge in [0.25, 0.3) is 5.91 Å². The number of ether oxygens (including phenoxy) is 1. The molecule has 0 saturated carbocycles. The molecule has 1 aromatic carbocycles. The second-order valence-electron chi connectivity index (χ2n) is 6.47. The first-order chi connectivity index (χ1) is 14.0. The first-order valence-corrected chi connectivity index (χ1v) is 9.08. The monoisotopic (exact) mass is 400 g/mol. The number of aliphatic hydroxyl groups excluding tert-OH is 1. The molecule has 8 nitrogen and oxygen atoms in total. The lowest BCUT2D eigenvalue weighted by molar-refractivity contribution is -0.125. The molecule has 0 unspecified atom stereocenters. The Labute approximate surface area is 166 Å². The summed E-state index contributed by atoms with van der Waals surface area (Å²) in [6, 6.07) is 6.27. The number of carbonyl (C=O) groups excluding carboxylic acids is 2. The van der Waals surface area contributed by atoms with Crippen molar-refractivity contribution < 1.29 is 23.8 Å². The van der Waals surface area contributed by atoms with Crippen molar-refractivity contribution in [2.75, 3.05) is 6.61 Å². The van der Waals surface area contributed by atoms with Crippen LogP contribution in [0.2, 0.25) is 0 Å². The van der Waals surface area contributed by atoms with E-state index in [9.17, 15) is 19.1 Å². The van der Waals surface area contributed by atoms with E-state index < -0.39 is 30.0 Å². The predicted molar refractivity (Wildman–Crippen MR) is 101 cm³/mol. The maximum Gasteiger partial charge on any atom is 0.251 e. The van der Waals surface area contributed by atoms with Gasteiger partial charge in [-0.05, 0) is 30.3 Å². The van der Waals surface area contributed by atoms with Crippen LogP contribution in [0.25, 0.3) is 0 Å². The van der Waals surface area contributed by atoms with Crippen molar-refractivity contribution in [3.8, 4) is 0 Å². The summed E-state index contributed by atoms with van der Waals surface area (Å²) in [6.07, 6.45) is 5.19. The summed E-state index contributed by atoms with van der Waals surface area (Å²) < 4.78 is 18.7. The SMILES string of the molecule is O=C(C[C@H]1C=C[C@H](NC(=O)c2ccc(F)cc2)[C@@H](CO)O1)NCc1ccncn1. The number of carbonyl (C=O) groups is 2. The first kappa shape index (κ1) is 20.6. The summed E-state index contributed by atoms with van der Waals surface area (Å²) in [5.41, 5.74) is 0.980. The molecule has 1 aliphatic heterocycles. The van der Waals surface area contributed by atoms with Crippen LogP contribution < -0.4 is 10.6 Å². The minimum Gasteiger partial charge on any atom is -0.394 e. The summed E-state index contributed by atoms with van der Waals surface area (Å²) in [5, 5.41) is 15.1. The molecule has 2 amide bonds. The number of rotatable bonds is 7. The van der Waals surface area contributed by atoms with Crippen LogP contribution in [0, 0.1) is 5.82 Å². The number of hydrogen-bond donors (Lipinski definition) is 3. The topological polar surface area (TPSA) is 113 Å². The highest BCUT2D eigenvalue weighted by atomic mass is 19.1. The van der Waals surface area contributed by atoms with Crippen LogP contribution in [-0.4, -0.2) is 51.7 Å². The van der Waals surface area contributed by atoms with Crippen molar-refractivity contribution in [2.24, 2.45) is 0 Å². The van der Waals surface area contributed by atoms with Gasteiger partial charge in [-0.3, -0.25) is 9.59 Å². The maximum atomic E-state index is 13.0. The van der Waals surface area contributed by atoms with Crippen LogP contribution in [0.15, 0.2) is 55.0 Å². The third-order valence-electron chi connectivity index (χ3n) is 4.36. The van der Waals surface area contributed by atoms with E-state index in [4.69, 9.17) is 4.74 Å². The van der Waals surface area contributed by atoms with Gasteiger partial charge in [-0.25, -0.2) is 14.4 Å². The van der Waals surface area contributed by atoms with E-state index in [1.807, 2.05) is 0 Å². The van der Waals surface area contributed by atoms with Crippen LogP contribution in [0.5, 0.6) is 0 Å². The van der Waals surface area contributed by atoms with Gasteiger partial charge in [-0.1, -0.05) is 12.2 Å². The average Bonchev–Trinajstić information content (AvgIpc) is 2.74. The Morgan fingerprint density at radius 3 is 2.66 bits per heavy atom. The smallest absolute Gasteiger partial charge is 0.251 e. The fourth-order valence-electron chi connectivity index (χ4n) is 2.84. The molecule has 1 aromatic heterocycles. The molecule has 2 heterocycles. The average molecular weight is 400 g/mol. The summed E-state index contributed by atoms with van der Waals surface area (Å²) in [7, 11) is 0. The Balaban J connectivity index is 1.53. The Hall–Kier alpha value is -3.17. The number of amides is 2. The van der Waals surface area contributed by atoms with Crippen LogP contribution in [-0.2, 0) is 16.1 Å². The minimum atomic E-state index is -0.705. The highest BCUT2D eigenvalue weighted by Crippen LogP contribution is 2.16. The van der Waals surface area contributed by atoms with Crippen molar-refractivity contribution in [1.82, 2.24) is 20.6 Å². The molecular formula is C20H21FN4O4. The van der Waals surface area contributed by atoms with E-state index in [1.165, 1.54) is 30.6 Å². The lowest BCUT2D eigenvalue weighted by atomic mass is 10.0. The maximum absolute atomic E-state index is 13.0. The molecule has 0 aliphatic carbocycles. The number of aliphatic hydroxyl groups is 1. The standard InChI is InChI=1S/C20H21FN4O4/c21-14-3-1-13(2-4-14)20(28)25-17-6-5-16(29-18(17)11-26)9-19(27)23-10-15-7-8-22-12-24-15/h1-8,12,16-18,26H,9-11H2,(H,23,27)(H,25,28)/t16-,17+,18-/m1/s1. The number of benzene rings is 1. The molecular weight excluding hydrogens is 379 g/mol. The molecule has 152 valence electrons. The van der Waals surface area contributed by atoms with Gasteiger partial charge in [0.15, 0.2) is 0 Å². The van der Waals surface area contributed by atoms with Crippen molar-refractivity contribution >= 4 is 11.8 Å². The molecule has 0 spiro atoms. The van der Waals surface area contributed by atoms with Gasteiger partial charge >= 0.3 is 0 Å². The van der Waals surface area contributed by atoms with E-state index in [0.717, 1.165) is 0 Å². The summed E-state index contributed by atoms with van der Waals surface area (Å²) in [6.45, 7) is -0.0602. The van der Waals surface area contributed by atoms with Gasteiger partial charge in [0.2, 0.25) is 5.91 Å². The normalized spacial score (nSPS) is 20.8. The van der Waals surface area contributed by atoms with Gasteiger partial charge in [0.05, 0.1) is 37.4 Å². The first-order valence-electron chi connectivity index (χ1n) is 9.08. The number of halogens is 1. The molecule has 3 atom stereocenters. The second kappa shape index (κ2) is 9.85. The van der Waals surface area contributed by atoms with Crippen LogP contribution in [0.4, 0.5) is 4.39 Å². The fraction of sp³-hybridized carbons (Fsp3) is 0.300. The number of nitrogens with one attached hydrogen (secondary N) is 2. The van der Waals surface area contributed by atoms with Crippen LogP contribution in [0.3, 0.4) is 0 Å². The Bertz CT molecular complexity index is 861. The Kier molecular flexibility index (Phi) is 6.99. The van der Waals surface area contributed by atoms with Crippen LogP contribution >= 0.6 is 0 Å². The van der Waals surface area contributed by atoms with Gasteiger partial charge in [0, 0.05) is 11.8 Å². The van der Waals surface area contributed by atoms with Gasteiger partial charge < -0.3 is 20.5 Å². The zero-order valence-corrected chi connectivity index (χ0v) is 15.5. The van der Waals surface area contributed by atoms with E-state index in [2.05, 4.69) is 20.6 Å². The molecule has 0 fully saturated rings. The quantitative estimate of drug-likeness (QED) is 0.591. The highest BCUT2D eigenvalue weighted by Gasteiger charge is 2.29. The molecule has 1 aliphatic rings. The van der Waals surface area contributed by atoms with Crippen molar-refractivity contribution in [3.63, 3.8) is 0 Å². The number of nitrogens with zero attached hydrogens (tertiary/aromatic N) is 2. The Morgan fingerprint density at radius 1 is 1.17 bits per heavy atom. The minimum absolute atomic E-state index is 0.0662. The largest absolute Gasteiger partial charge is 0.394 e. The van der Waals surface area contributed by atoms with Crippen LogP contribution in [0.1, 0.15) is 22.5 Å². The molecule has 0 bridgehead atoms. The van der Waals surface area contributed by atoms with E-state index in [0.29, 0.717) is 11.3 Å². The highest BCUT2D eigenvalue weighted by molar-refractivity contribution is 5.94. The molecule has 29 heavy (non-hydrogen) atoms. The number of aromatic nitrogens is 2. The van der Waals surface area contributed by atoms with E-state index in [1.54, 1.807) is 24.4 Å². The molecule has 0 radical (unpaired) electrons. The third kappa shape index (κ3) is 5.90. The summed E-state index contributed by atoms with van der Waals surface area (Å²) in [4.78, 5) is 32.2. The van der Waals surface area contributed by atoms with Gasteiger partial charge in [-0.15, -0.1) is 0 Å². The zero-order chi connectivity index (χ0) is 20.6. The molecule has 3 rings (SSSR count). The molecule has 2 aromatic rings.